The number of para-hydroxylation sites is 2. The highest BCUT2D eigenvalue weighted by atomic mass is 16.5. The van der Waals surface area contributed by atoms with Crippen LogP contribution in [0.2, 0.25) is 0 Å². The van der Waals surface area contributed by atoms with E-state index in [0.717, 1.165) is 45.6 Å². The van der Waals surface area contributed by atoms with E-state index in [9.17, 15) is 0 Å². The Hall–Kier alpha value is -6.00. The van der Waals surface area contributed by atoms with Crippen LogP contribution in [0.1, 0.15) is 25.0 Å². The fourth-order valence-electron chi connectivity index (χ4n) is 6.62. The zero-order valence-electron chi connectivity index (χ0n) is 26.6. The summed E-state index contributed by atoms with van der Waals surface area (Å²) in [6.07, 6.45) is 2.92. The number of anilines is 6. The van der Waals surface area contributed by atoms with E-state index >= 15 is 0 Å². The molecule has 0 radical (unpaired) electrons. The van der Waals surface area contributed by atoms with Gasteiger partial charge in [0.2, 0.25) is 0 Å². The van der Waals surface area contributed by atoms with Crippen LogP contribution in [0.25, 0.3) is 11.1 Å². The molecule has 0 bridgehead atoms. The molecule has 1 aliphatic carbocycles. The second kappa shape index (κ2) is 12.4. The average Bonchev–Trinajstić information content (AvgIpc) is 3.32. The Labute approximate surface area is 277 Å². The topological polar surface area (TPSA) is 24.9 Å². The molecule has 0 atom stereocenters. The first kappa shape index (κ1) is 29.7. The second-order valence-corrected chi connectivity index (χ2v) is 12.0. The Balaban J connectivity index is 1.33. The first-order valence-electron chi connectivity index (χ1n) is 15.7. The fourth-order valence-corrected chi connectivity index (χ4v) is 6.62. The number of ether oxygens (including phenoxy) is 2. The van der Waals surface area contributed by atoms with Gasteiger partial charge < -0.3 is 19.3 Å². The predicted molar refractivity (Wildman–Crippen MR) is 195 cm³/mol. The number of benzene rings is 6. The van der Waals surface area contributed by atoms with Gasteiger partial charge in [0, 0.05) is 51.7 Å². The molecule has 0 saturated heterocycles. The highest BCUT2D eigenvalue weighted by molar-refractivity contribution is 5.88. The molecule has 6 aromatic rings. The average molecular weight is 613 g/mol. The van der Waals surface area contributed by atoms with Gasteiger partial charge in [0.1, 0.15) is 11.5 Å². The van der Waals surface area contributed by atoms with Gasteiger partial charge in [-0.05, 0) is 95.1 Å². The lowest BCUT2D eigenvalue weighted by atomic mass is 9.82. The number of hydrogen-bond acceptors (Lipinski definition) is 4. The molecule has 0 amide bonds. The molecule has 1 aliphatic rings. The van der Waals surface area contributed by atoms with Crippen LogP contribution in [-0.4, -0.2) is 0 Å². The monoisotopic (exact) mass is 612 g/mol. The Bertz CT molecular complexity index is 1920. The van der Waals surface area contributed by atoms with E-state index in [-0.39, 0.29) is 5.41 Å². The summed E-state index contributed by atoms with van der Waals surface area (Å²) in [5.74, 6) is 1.48. The molecule has 0 unspecified atom stereocenters. The molecule has 6 aromatic carbocycles. The molecule has 0 N–H and O–H groups in total. The van der Waals surface area contributed by atoms with Crippen LogP contribution in [0.5, 0.6) is 11.5 Å². The third-order valence-corrected chi connectivity index (χ3v) is 8.78. The quantitative estimate of drug-likeness (QED) is 0.144. The lowest BCUT2D eigenvalue weighted by Crippen LogP contribution is -2.17. The van der Waals surface area contributed by atoms with Gasteiger partial charge in [-0.15, -0.1) is 0 Å². The van der Waals surface area contributed by atoms with E-state index in [4.69, 9.17) is 9.47 Å². The van der Waals surface area contributed by atoms with Crippen LogP contribution < -0.4 is 19.3 Å². The van der Waals surface area contributed by atoms with E-state index in [1.807, 2.05) is 48.5 Å². The first-order chi connectivity index (χ1) is 23.0. The van der Waals surface area contributed by atoms with Crippen molar-refractivity contribution in [2.24, 2.45) is 0 Å². The molecule has 230 valence electrons. The number of hydrogen-bond donors (Lipinski definition) is 0. The summed E-state index contributed by atoms with van der Waals surface area (Å²) in [4.78, 5) is 4.55. The number of rotatable bonds is 10. The largest absolute Gasteiger partial charge is 0.466 e. The summed E-state index contributed by atoms with van der Waals surface area (Å²) >= 11 is 0. The Morgan fingerprint density at radius 1 is 0.447 bits per heavy atom. The van der Waals surface area contributed by atoms with Crippen LogP contribution in [-0.2, 0) is 5.41 Å². The molecule has 47 heavy (non-hydrogen) atoms. The minimum absolute atomic E-state index is 0.247. The Morgan fingerprint density at radius 3 is 1.23 bits per heavy atom. The van der Waals surface area contributed by atoms with Gasteiger partial charge in [-0.25, -0.2) is 0 Å². The van der Waals surface area contributed by atoms with E-state index in [0.29, 0.717) is 0 Å². The summed E-state index contributed by atoms with van der Waals surface area (Å²) in [5, 5.41) is 0. The van der Waals surface area contributed by atoms with Crippen LogP contribution in [0.15, 0.2) is 171 Å². The lowest BCUT2D eigenvalue weighted by molar-refractivity contribution is 0.483. The summed E-state index contributed by atoms with van der Waals surface area (Å²) in [6.45, 7) is 12.1. The summed E-state index contributed by atoms with van der Waals surface area (Å²) in [5.41, 5.74) is 11.1. The zero-order chi connectivity index (χ0) is 32.4. The predicted octanol–water partition coefficient (Wildman–Crippen LogP) is 12.0. The van der Waals surface area contributed by atoms with Crippen molar-refractivity contribution in [1.82, 2.24) is 0 Å². The van der Waals surface area contributed by atoms with E-state index in [1.165, 1.54) is 34.8 Å². The number of fused-ring (bicyclic) bond motifs is 3. The molecule has 0 aromatic heterocycles. The SMILES string of the molecule is C=COc1cccc(N(c2ccccc2)c2ccc3c(c2)C(C)(C)c2cc(N(c4ccccc4)c4cccc(OC=C)c4)ccc2-3)c1. The molecule has 0 spiro atoms. The fraction of sp³-hybridized carbons (Fsp3) is 0.0698. The van der Waals surface area contributed by atoms with Crippen molar-refractivity contribution < 1.29 is 9.47 Å². The molecule has 7 rings (SSSR count). The van der Waals surface area contributed by atoms with Gasteiger partial charge >= 0.3 is 0 Å². The van der Waals surface area contributed by atoms with Crippen LogP contribution in [0.3, 0.4) is 0 Å². The summed E-state index contributed by atoms with van der Waals surface area (Å²) in [6, 6.07) is 50.7. The minimum Gasteiger partial charge on any atom is -0.466 e. The van der Waals surface area contributed by atoms with E-state index < -0.39 is 0 Å². The molecule has 0 saturated carbocycles. The van der Waals surface area contributed by atoms with Crippen molar-refractivity contribution in [3.8, 4) is 22.6 Å². The highest BCUT2D eigenvalue weighted by Crippen LogP contribution is 2.52. The molecular formula is C43H36N2O2. The van der Waals surface area contributed by atoms with Crippen molar-refractivity contribution in [1.29, 1.82) is 0 Å². The number of nitrogens with zero attached hydrogens (tertiary/aromatic N) is 2. The normalized spacial score (nSPS) is 12.4. The molecule has 4 nitrogen and oxygen atoms in total. The van der Waals surface area contributed by atoms with Gasteiger partial charge in [-0.1, -0.05) is 87.7 Å². The maximum atomic E-state index is 5.65. The van der Waals surface area contributed by atoms with Gasteiger partial charge in [0.25, 0.3) is 0 Å². The molecule has 4 heteroatoms. The third kappa shape index (κ3) is 5.55. The van der Waals surface area contributed by atoms with Gasteiger partial charge in [-0.2, -0.15) is 0 Å². The highest BCUT2D eigenvalue weighted by Gasteiger charge is 2.37. The van der Waals surface area contributed by atoms with E-state index in [2.05, 4.69) is 134 Å². The lowest BCUT2D eigenvalue weighted by Gasteiger charge is -2.29. The first-order valence-corrected chi connectivity index (χ1v) is 15.7. The van der Waals surface area contributed by atoms with Crippen LogP contribution in [0.4, 0.5) is 34.1 Å². The summed E-state index contributed by atoms with van der Waals surface area (Å²) in [7, 11) is 0. The Morgan fingerprint density at radius 2 is 0.830 bits per heavy atom. The van der Waals surface area contributed by atoms with Crippen molar-refractivity contribution in [2.75, 3.05) is 9.80 Å². The van der Waals surface area contributed by atoms with Crippen LogP contribution in [0, 0.1) is 0 Å². The minimum atomic E-state index is -0.247. The van der Waals surface area contributed by atoms with Crippen LogP contribution >= 0.6 is 0 Å². The van der Waals surface area contributed by atoms with Crippen molar-refractivity contribution in [3.05, 3.63) is 182 Å². The maximum Gasteiger partial charge on any atom is 0.128 e. The zero-order valence-corrected chi connectivity index (χ0v) is 26.6. The van der Waals surface area contributed by atoms with Crippen molar-refractivity contribution in [3.63, 3.8) is 0 Å². The standard InChI is InChI=1S/C43H36N2O2/c1-5-46-37-21-13-19-33(27-37)44(31-15-9-7-10-16-31)35-23-25-39-40-26-24-36(30-42(40)43(3,4)41(39)29-35)45(32-17-11-8-12-18-32)34-20-14-22-38(28-34)47-6-2/h5-30H,1-2H2,3-4H3. The molecule has 0 fully saturated rings. The van der Waals surface area contributed by atoms with Crippen molar-refractivity contribution in [2.45, 2.75) is 19.3 Å². The molecule has 0 aliphatic heterocycles. The van der Waals surface area contributed by atoms with E-state index in [1.54, 1.807) is 0 Å². The smallest absolute Gasteiger partial charge is 0.128 e. The van der Waals surface area contributed by atoms with Gasteiger partial charge in [-0.3, -0.25) is 0 Å². The van der Waals surface area contributed by atoms with Gasteiger partial charge in [0.15, 0.2) is 0 Å². The van der Waals surface area contributed by atoms with Gasteiger partial charge in [0.05, 0.1) is 12.5 Å². The molecular weight excluding hydrogens is 576 g/mol. The molecule has 0 heterocycles. The second-order valence-electron chi connectivity index (χ2n) is 12.0. The third-order valence-electron chi connectivity index (χ3n) is 8.78. The Kier molecular flexibility index (Phi) is 7.85. The van der Waals surface area contributed by atoms with Crippen molar-refractivity contribution >= 4 is 34.1 Å². The summed E-state index contributed by atoms with van der Waals surface area (Å²) < 4.78 is 11.3. The maximum absolute atomic E-state index is 5.65.